The van der Waals surface area contributed by atoms with Crippen LogP contribution in [0.1, 0.15) is 43.2 Å². The summed E-state index contributed by atoms with van der Waals surface area (Å²) < 4.78 is 30.4. The number of hydrogen-bond acceptors (Lipinski definition) is 8. The molecule has 8 nitrogen and oxygen atoms in total. The maximum Gasteiger partial charge on any atom is 0.338 e. The summed E-state index contributed by atoms with van der Waals surface area (Å²) in [6.45, 7) is 3.46. The number of anilines is 1. The van der Waals surface area contributed by atoms with Crippen molar-refractivity contribution >= 4 is 35.0 Å². The van der Waals surface area contributed by atoms with Crippen LogP contribution in [-0.4, -0.2) is 38.0 Å². The van der Waals surface area contributed by atoms with Gasteiger partial charge in [0.2, 0.25) is 0 Å². The molecule has 1 aliphatic carbocycles. The Hall–Kier alpha value is -4.63. The Morgan fingerprint density at radius 3 is 2.32 bits per heavy atom. The second kappa shape index (κ2) is 12.9. The molecule has 0 radical (unpaired) electrons. The zero-order chi connectivity index (χ0) is 31.5. The molecule has 0 amide bonds. The first-order valence-corrected chi connectivity index (χ1v) is 14.6. The molecule has 0 aromatic heterocycles. The Morgan fingerprint density at radius 1 is 0.977 bits per heavy atom. The highest BCUT2D eigenvalue weighted by Crippen LogP contribution is 2.52. The highest BCUT2D eigenvalue weighted by Gasteiger charge is 2.51. The Bertz CT molecular complexity index is 1670. The van der Waals surface area contributed by atoms with Crippen LogP contribution in [0.4, 0.5) is 10.1 Å². The van der Waals surface area contributed by atoms with Gasteiger partial charge in [0.15, 0.2) is 5.78 Å². The van der Waals surface area contributed by atoms with Gasteiger partial charge in [0.1, 0.15) is 23.3 Å². The van der Waals surface area contributed by atoms with Crippen LogP contribution in [0.2, 0.25) is 5.02 Å². The molecule has 0 saturated heterocycles. The van der Waals surface area contributed by atoms with Crippen molar-refractivity contribution in [2.24, 2.45) is 11.7 Å². The predicted octanol–water partition coefficient (Wildman–Crippen LogP) is 6.01. The van der Waals surface area contributed by atoms with E-state index < -0.39 is 41.3 Å². The van der Waals surface area contributed by atoms with E-state index in [0.29, 0.717) is 33.3 Å². The van der Waals surface area contributed by atoms with Crippen molar-refractivity contribution in [3.8, 4) is 5.75 Å². The SMILES string of the molecule is CCOC(=O)C1=C(N)N(c2ccc(F)cc2)C2=C(C(=O)[C@H](C(=O)OCC)[C@H](c3cccc(OC)c3)C2)[C@@H]1c1cccc(Cl)c1. The van der Waals surface area contributed by atoms with Gasteiger partial charge in [-0.2, -0.15) is 0 Å². The lowest BCUT2D eigenvalue weighted by atomic mass is 9.67. The van der Waals surface area contributed by atoms with Crippen molar-refractivity contribution in [1.29, 1.82) is 0 Å². The number of nitrogens with zero attached hydrogens (tertiary/aromatic N) is 1. The number of methoxy groups -OCH3 is 1. The molecule has 0 fully saturated rings. The van der Waals surface area contributed by atoms with Crippen LogP contribution in [0.5, 0.6) is 5.75 Å². The topological polar surface area (TPSA) is 108 Å². The third-order valence-corrected chi connectivity index (χ3v) is 8.10. The molecule has 5 rings (SSSR count). The van der Waals surface area contributed by atoms with Gasteiger partial charge in [-0.15, -0.1) is 0 Å². The second-order valence-electron chi connectivity index (χ2n) is 10.4. The molecule has 0 saturated carbocycles. The van der Waals surface area contributed by atoms with Crippen LogP contribution in [0.3, 0.4) is 0 Å². The standard InChI is InChI=1S/C34H32ClFN2O6/c1-4-43-33(40)28-25(19-8-7-11-24(17-19)42-3)18-26-29(31(28)39)27(20-9-6-10-21(35)16-20)30(34(41)44-5-2)32(37)38(26)23-14-12-22(36)13-15-23/h6-17,25,27-28H,4-5,18,37H2,1-3H3/t25-,27-,28+/m0/s1. The van der Waals surface area contributed by atoms with E-state index in [1.807, 2.05) is 6.07 Å². The lowest BCUT2D eigenvalue weighted by molar-refractivity contribution is -0.152. The fourth-order valence-corrected chi connectivity index (χ4v) is 6.23. The van der Waals surface area contributed by atoms with Gasteiger partial charge in [-0.3, -0.25) is 14.5 Å². The number of ether oxygens (including phenoxy) is 3. The molecule has 2 N–H and O–H groups in total. The zero-order valence-electron chi connectivity index (χ0n) is 24.5. The minimum atomic E-state index is -1.24. The van der Waals surface area contributed by atoms with Gasteiger partial charge in [-0.25, -0.2) is 9.18 Å². The van der Waals surface area contributed by atoms with Gasteiger partial charge in [-0.1, -0.05) is 35.9 Å². The van der Waals surface area contributed by atoms with Crippen molar-refractivity contribution in [3.05, 3.63) is 117 Å². The molecule has 0 unspecified atom stereocenters. The van der Waals surface area contributed by atoms with Gasteiger partial charge in [0, 0.05) is 27.9 Å². The molecule has 2 aliphatic rings. The summed E-state index contributed by atoms with van der Waals surface area (Å²) in [7, 11) is 1.53. The third kappa shape index (κ3) is 5.67. The molecule has 10 heteroatoms. The summed E-state index contributed by atoms with van der Waals surface area (Å²) in [4.78, 5) is 43.6. The summed E-state index contributed by atoms with van der Waals surface area (Å²) in [6.07, 6.45) is 0.156. The molecule has 0 spiro atoms. The molecule has 1 heterocycles. The number of hydrogen-bond donors (Lipinski definition) is 1. The van der Waals surface area contributed by atoms with E-state index in [4.69, 9.17) is 31.5 Å². The van der Waals surface area contributed by atoms with E-state index in [0.717, 1.165) is 0 Å². The molecule has 3 aromatic carbocycles. The molecular weight excluding hydrogens is 587 g/mol. The van der Waals surface area contributed by atoms with E-state index in [1.54, 1.807) is 61.2 Å². The van der Waals surface area contributed by atoms with Crippen molar-refractivity contribution in [1.82, 2.24) is 0 Å². The van der Waals surface area contributed by atoms with Crippen molar-refractivity contribution in [2.75, 3.05) is 25.2 Å². The number of allylic oxidation sites excluding steroid dienone is 2. The van der Waals surface area contributed by atoms with E-state index in [1.165, 1.54) is 31.4 Å². The number of halogens is 2. The van der Waals surface area contributed by atoms with Crippen LogP contribution in [0.15, 0.2) is 95.5 Å². The quantitative estimate of drug-likeness (QED) is 0.241. The summed E-state index contributed by atoms with van der Waals surface area (Å²) in [5.41, 5.74) is 9.12. The Labute approximate surface area is 259 Å². The fraction of sp³-hybridized carbons (Fsp3) is 0.265. The van der Waals surface area contributed by atoms with Crippen LogP contribution in [0, 0.1) is 11.7 Å². The Kier molecular flexibility index (Phi) is 9.06. The summed E-state index contributed by atoms with van der Waals surface area (Å²) in [6, 6.07) is 19.5. The van der Waals surface area contributed by atoms with Crippen molar-refractivity contribution in [3.63, 3.8) is 0 Å². The molecule has 1 aliphatic heterocycles. The summed E-state index contributed by atoms with van der Waals surface area (Å²) >= 11 is 6.40. The Balaban J connectivity index is 1.82. The number of Topliss-reactive ketones (excluding diaryl/α,β-unsaturated/α-hetero) is 1. The first kappa shape index (κ1) is 30.8. The maximum atomic E-state index is 14.8. The number of nitrogens with two attached hydrogens (primary N) is 1. The van der Waals surface area contributed by atoms with E-state index in [9.17, 15) is 18.8 Å². The lowest BCUT2D eigenvalue weighted by Gasteiger charge is -2.44. The zero-order valence-corrected chi connectivity index (χ0v) is 25.3. The van der Waals surface area contributed by atoms with Crippen molar-refractivity contribution in [2.45, 2.75) is 32.1 Å². The van der Waals surface area contributed by atoms with E-state index in [2.05, 4.69) is 0 Å². The van der Waals surface area contributed by atoms with E-state index in [-0.39, 0.29) is 36.6 Å². The van der Waals surface area contributed by atoms with E-state index >= 15 is 0 Å². The van der Waals surface area contributed by atoms with Gasteiger partial charge < -0.3 is 19.9 Å². The molecular formula is C34H32ClFN2O6. The minimum Gasteiger partial charge on any atom is -0.497 e. The molecule has 44 heavy (non-hydrogen) atoms. The predicted molar refractivity (Wildman–Crippen MR) is 163 cm³/mol. The average Bonchev–Trinajstić information content (AvgIpc) is 3.01. The number of benzene rings is 3. The number of rotatable bonds is 8. The third-order valence-electron chi connectivity index (χ3n) is 7.86. The fourth-order valence-electron chi connectivity index (χ4n) is 6.03. The first-order chi connectivity index (χ1) is 21.2. The van der Waals surface area contributed by atoms with Gasteiger partial charge >= 0.3 is 11.9 Å². The van der Waals surface area contributed by atoms with Crippen molar-refractivity contribution < 1.29 is 33.0 Å². The molecule has 228 valence electrons. The van der Waals surface area contributed by atoms with Gasteiger partial charge in [-0.05, 0) is 79.9 Å². The summed E-state index contributed by atoms with van der Waals surface area (Å²) in [5.74, 6) is -4.75. The maximum absolute atomic E-state index is 14.8. The molecule has 3 aromatic rings. The highest BCUT2D eigenvalue weighted by molar-refractivity contribution is 6.30. The van der Waals surface area contributed by atoms with Crippen LogP contribution < -0.4 is 15.4 Å². The van der Waals surface area contributed by atoms with Crippen LogP contribution in [0.25, 0.3) is 0 Å². The smallest absolute Gasteiger partial charge is 0.338 e. The number of esters is 2. The highest BCUT2D eigenvalue weighted by atomic mass is 35.5. The second-order valence-corrected chi connectivity index (χ2v) is 10.8. The number of ketones is 1. The largest absolute Gasteiger partial charge is 0.497 e. The average molecular weight is 619 g/mol. The number of carbonyl (C=O) groups excluding carboxylic acids is 3. The Morgan fingerprint density at radius 2 is 1.66 bits per heavy atom. The monoisotopic (exact) mass is 618 g/mol. The molecule has 3 atom stereocenters. The number of carbonyl (C=O) groups is 3. The lowest BCUT2D eigenvalue weighted by Crippen LogP contribution is -2.46. The van der Waals surface area contributed by atoms with Gasteiger partial charge in [0.05, 0.1) is 31.8 Å². The normalized spacial score (nSPS) is 19.9. The minimum absolute atomic E-state index is 0.00739. The van der Waals surface area contributed by atoms with Gasteiger partial charge in [0.25, 0.3) is 0 Å². The van der Waals surface area contributed by atoms with Crippen LogP contribution >= 0.6 is 11.6 Å². The molecule has 0 bridgehead atoms. The summed E-state index contributed by atoms with van der Waals surface area (Å²) in [5, 5.41) is 0.381. The first-order valence-electron chi connectivity index (χ1n) is 14.3. The van der Waals surface area contributed by atoms with Crippen LogP contribution in [-0.2, 0) is 23.9 Å².